The van der Waals surface area contributed by atoms with Crippen LogP contribution in [0.4, 0.5) is 13.2 Å². The summed E-state index contributed by atoms with van der Waals surface area (Å²) in [7, 11) is 0. The first kappa shape index (κ1) is 14.6. The fourth-order valence-corrected chi connectivity index (χ4v) is 2.01. The third-order valence-electron chi connectivity index (χ3n) is 3.04. The van der Waals surface area contributed by atoms with Crippen molar-refractivity contribution in [3.8, 4) is 0 Å². The quantitative estimate of drug-likeness (QED) is 0.934. The fourth-order valence-electron chi connectivity index (χ4n) is 2.01. The Morgan fingerprint density at radius 1 is 1.25 bits per heavy atom. The zero-order chi connectivity index (χ0) is 14.8. The summed E-state index contributed by atoms with van der Waals surface area (Å²) in [5.74, 6) is 0. The summed E-state index contributed by atoms with van der Waals surface area (Å²) in [6.45, 7) is 2.70. The van der Waals surface area contributed by atoms with Crippen molar-refractivity contribution in [1.29, 1.82) is 0 Å². The van der Waals surface area contributed by atoms with Crippen molar-refractivity contribution >= 4 is 0 Å². The van der Waals surface area contributed by atoms with Crippen molar-refractivity contribution in [2.45, 2.75) is 32.2 Å². The van der Waals surface area contributed by atoms with E-state index in [1.165, 1.54) is 18.3 Å². The van der Waals surface area contributed by atoms with Gasteiger partial charge >= 0.3 is 6.18 Å². The first-order valence-electron chi connectivity index (χ1n) is 6.28. The van der Waals surface area contributed by atoms with Crippen molar-refractivity contribution in [2.24, 2.45) is 0 Å². The molecule has 0 aliphatic carbocycles. The van der Waals surface area contributed by atoms with Crippen LogP contribution in [0.15, 0.2) is 36.8 Å². The highest BCUT2D eigenvalue weighted by Gasteiger charge is 2.30. The molecule has 3 nitrogen and oxygen atoms in total. The molecular formula is C14H15F3N2O. The van der Waals surface area contributed by atoms with Crippen LogP contribution in [0, 0.1) is 0 Å². The molecule has 0 saturated carbocycles. The van der Waals surface area contributed by atoms with E-state index in [-0.39, 0.29) is 0 Å². The van der Waals surface area contributed by atoms with E-state index in [2.05, 4.69) is 4.98 Å². The number of imidazole rings is 1. The summed E-state index contributed by atoms with van der Waals surface area (Å²) in [6.07, 6.45) is -1.34. The summed E-state index contributed by atoms with van der Waals surface area (Å²) in [5, 5.41) is 10.2. The smallest absolute Gasteiger partial charge is 0.382 e. The van der Waals surface area contributed by atoms with Gasteiger partial charge in [0.25, 0.3) is 0 Å². The van der Waals surface area contributed by atoms with Crippen molar-refractivity contribution in [2.75, 3.05) is 0 Å². The lowest BCUT2D eigenvalue weighted by Crippen LogP contribution is -2.09. The third kappa shape index (κ3) is 3.01. The molecule has 1 aromatic heterocycles. The fraction of sp³-hybridized carbons (Fsp3) is 0.357. The van der Waals surface area contributed by atoms with Gasteiger partial charge in [0.05, 0.1) is 23.8 Å². The number of rotatable bonds is 4. The molecule has 1 unspecified atom stereocenters. The SMILES string of the molecule is CCCn1cncc1C(O)c1ccc(C(F)(F)F)cc1. The number of aliphatic hydroxyl groups excluding tert-OH is 1. The maximum Gasteiger partial charge on any atom is 0.416 e. The molecule has 20 heavy (non-hydrogen) atoms. The number of alkyl halides is 3. The zero-order valence-corrected chi connectivity index (χ0v) is 10.9. The van der Waals surface area contributed by atoms with Gasteiger partial charge in [0.1, 0.15) is 6.10 Å². The predicted molar refractivity (Wildman–Crippen MR) is 68.0 cm³/mol. The van der Waals surface area contributed by atoms with Gasteiger partial charge in [-0.15, -0.1) is 0 Å². The Balaban J connectivity index is 2.25. The topological polar surface area (TPSA) is 38.0 Å². The Kier molecular flexibility index (Phi) is 4.13. The minimum absolute atomic E-state index is 0.413. The minimum Gasteiger partial charge on any atom is -0.382 e. The van der Waals surface area contributed by atoms with E-state index in [1.54, 1.807) is 10.9 Å². The van der Waals surface area contributed by atoms with Crippen LogP contribution in [0.25, 0.3) is 0 Å². The Bertz CT molecular complexity index is 561. The van der Waals surface area contributed by atoms with E-state index >= 15 is 0 Å². The number of aryl methyl sites for hydroxylation is 1. The Morgan fingerprint density at radius 2 is 1.90 bits per heavy atom. The van der Waals surface area contributed by atoms with Gasteiger partial charge < -0.3 is 9.67 Å². The summed E-state index contributed by atoms with van der Waals surface area (Å²) >= 11 is 0. The molecule has 2 aromatic rings. The molecule has 108 valence electrons. The number of halogens is 3. The highest BCUT2D eigenvalue weighted by atomic mass is 19.4. The lowest BCUT2D eigenvalue weighted by molar-refractivity contribution is -0.137. The molecule has 1 aromatic carbocycles. The van der Waals surface area contributed by atoms with Crippen molar-refractivity contribution < 1.29 is 18.3 Å². The lowest BCUT2D eigenvalue weighted by Gasteiger charge is -2.14. The van der Waals surface area contributed by atoms with Gasteiger partial charge in [-0.3, -0.25) is 0 Å². The molecule has 1 N–H and O–H groups in total. The predicted octanol–water partition coefficient (Wildman–Crippen LogP) is 3.39. The van der Waals surface area contributed by atoms with Crippen LogP contribution in [0.5, 0.6) is 0 Å². The molecule has 0 radical (unpaired) electrons. The molecule has 0 aliphatic rings. The van der Waals surface area contributed by atoms with Crippen molar-refractivity contribution in [3.05, 3.63) is 53.6 Å². The van der Waals surface area contributed by atoms with Crippen molar-refractivity contribution in [1.82, 2.24) is 9.55 Å². The van der Waals surface area contributed by atoms with Crippen LogP contribution in [0.1, 0.15) is 36.3 Å². The van der Waals surface area contributed by atoms with Crippen LogP contribution in [-0.4, -0.2) is 14.7 Å². The van der Waals surface area contributed by atoms with Gasteiger partial charge in [-0.2, -0.15) is 13.2 Å². The second kappa shape index (κ2) is 5.66. The molecule has 2 rings (SSSR count). The molecular weight excluding hydrogens is 269 g/mol. The molecule has 1 heterocycles. The van der Waals surface area contributed by atoms with Gasteiger partial charge in [-0.1, -0.05) is 19.1 Å². The molecule has 0 aliphatic heterocycles. The standard InChI is InChI=1S/C14H15F3N2O/c1-2-7-19-9-18-8-12(19)13(20)10-3-5-11(6-4-10)14(15,16)17/h3-6,8-9,13,20H,2,7H2,1H3. The van der Waals surface area contributed by atoms with E-state index in [0.29, 0.717) is 17.8 Å². The van der Waals surface area contributed by atoms with E-state index in [0.717, 1.165) is 18.6 Å². The van der Waals surface area contributed by atoms with E-state index in [9.17, 15) is 18.3 Å². The molecule has 0 bridgehead atoms. The molecule has 0 spiro atoms. The van der Waals surface area contributed by atoms with Gasteiger partial charge in [0.2, 0.25) is 0 Å². The first-order chi connectivity index (χ1) is 9.43. The summed E-state index contributed by atoms with van der Waals surface area (Å²) < 4.78 is 39.2. The minimum atomic E-state index is -4.37. The van der Waals surface area contributed by atoms with Gasteiger partial charge in [0, 0.05) is 6.54 Å². The molecule has 0 amide bonds. The summed E-state index contributed by atoms with van der Waals surface area (Å²) in [5.41, 5.74) is 0.262. The number of nitrogens with zero attached hydrogens (tertiary/aromatic N) is 2. The number of hydrogen-bond donors (Lipinski definition) is 1. The second-order valence-corrected chi connectivity index (χ2v) is 4.53. The molecule has 6 heteroatoms. The van der Waals surface area contributed by atoms with Gasteiger partial charge in [0.15, 0.2) is 0 Å². The maximum atomic E-state index is 12.5. The van der Waals surface area contributed by atoms with Gasteiger partial charge in [-0.05, 0) is 24.1 Å². The van der Waals surface area contributed by atoms with Crippen LogP contribution >= 0.6 is 0 Å². The van der Waals surface area contributed by atoms with E-state index < -0.39 is 17.8 Å². The molecule has 1 atom stereocenters. The number of benzene rings is 1. The Hall–Kier alpha value is -1.82. The Labute approximate surface area is 114 Å². The van der Waals surface area contributed by atoms with Crippen molar-refractivity contribution in [3.63, 3.8) is 0 Å². The maximum absolute atomic E-state index is 12.5. The van der Waals surface area contributed by atoms with E-state index in [4.69, 9.17) is 0 Å². The number of aromatic nitrogens is 2. The van der Waals surface area contributed by atoms with E-state index in [1.807, 2.05) is 6.92 Å². The molecule has 0 saturated heterocycles. The normalized spacial score (nSPS) is 13.4. The largest absolute Gasteiger partial charge is 0.416 e. The van der Waals surface area contributed by atoms with Crippen LogP contribution in [-0.2, 0) is 12.7 Å². The summed E-state index contributed by atoms with van der Waals surface area (Å²) in [6, 6.07) is 4.52. The first-order valence-corrected chi connectivity index (χ1v) is 6.28. The highest BCUT2D eigenvalue weighted by Crippen LogP contribution is 2.31. The highest BCUT2D eigenvalue weighted by molar-refractivity contribution is 5.30. The van der Waals surface area contributed by atoms with Crippen LogP contribution < -0.4 is 0 Å². The van der Waals surface area contributed by atoms with Crippen LogP contribution in [0.3, 0.4) is 0 Å². The van der Waals surface area contributed by atoms with Crippen LogP contribution in [0.2, 0.25) is 0 Å². The second-order valence-electron chi connectivity index (χ2n) is 4.53. The third-order valence-corrected chi connectivity index (χ3v) is 3.04. The molecule has 0 fully saturated rings. The monoisotopic (exact) mass is 284 g/mol. The summed E-state index contributed by atoms with van der Waals surface area (Å²) in [4.78, 5) is 3.97. The average Bonchev–Trinajstić information content (AvgIpc) is 2.86. The number of hydrogen-bond acceptors (Lipinski definition) is 2. The Morgan fingerprint density at radius 3 is 2.45 bits per heavy atom. The lowest BCUT2D eigenvalue weighted by atomic mass is 10.0. The number of aliphatic hydroxyl groups is 1. The zero-order valence-electron chi connectivity index (χ0n) is 10.9. The van der Waals surface area contributed by atoms with Gasteiger partial charge in [-0.25, -0.2) is 4.98 Å². The average molecular weight is 284 g/mol.